The first-order valence-electron chi connectivity index (χ1n) is 14.0. The van der Waals surface area contributed by atoms with E-state index in [0.29, 0.717) is 0 Å². The fraction of sp³-hybridized carbons (Fsp3) is 0. The quantitative estimate of drug-likeness (QED) is 0.214. The van der Waals surface area contributed by atoms with Gasteiger partial charge in [-0.05, 0) is 81.0 Å². The first-order chi connectivity index (χ1) is 20.3. The fourth-order valence-corrected chi connectivity index (χ4v) is 6.01. The molecule has 1 heterocycles. The Morgan fingerprint density at radius 3 is 2.05 bits per heavy atom. The van der Waals surface area contributed by atoms with Crippen molar-refractivity contribution in [3.05, 3.63) is 158 Å². The number of hydrogen-bond donors (Lipinski definition) is 0. The lowest BCUT2D eigenvalue weighted by molar-refractivity contribution is 1.30. The average molecular weight is 523 g/mol. The van der Waals surface area contributed by atoms with Gasteiger partial charge in [0.1, 0.15) is 0 Å². The monoisotopic (exact) mass is 522 g/mol. The zero-order chi connectivity index (χ0) is 27.2. The summed E-state index contributed by atoms with van der Waals surface area (Å²) < 4.78 is 0. The molecule has 0 aliphatic carbocycles. The molecule has 0 bridgehead atoms. The largest absolute Gasteiger partial charge is 0.310 e. The van der Waals surface area contributed by atoms with E-state index in [-0.39, 0.29) is 0 Å². The normalized spacial score (nSPS) is 11.4. The van der Waals surface area contributed by atoms with Crippen LogP contribution in [0.5, 0.6) is 0 Å². The second-order valence-corrected chi connectivity index (χ2v) is 10.5. The van der Waals surface area contributed by atoms with Gasteiger partial charge in [0.05, 0.1) is 11.2 Å². The van der Waals surface area contributed by atoms with Crippen LogP contribution in [0.1, 0.15) is 0 Å². The van der Waals surface area contributed by atoms with Crippen LogP contribution in [0.15, 0.2) is 158 Å². The topological polar surface area (TPSA) is 16.1 Å². The number of fused-ring (bicyclic) bond motifs is 5. The molecule has 0 saturated carbocycles. The van der Waals surface area contributed by atoms with Crippen LogP contribution in [0.2, 0.25) is 0 Å². The van der Waals surface area contributed by atoms with Gasteiger partial charge in [-0.15, -0.1) is 0 Å². The Morgan fingerprint density at radius 2 is 1.12 bits per heavy atom. The zero-order valence-corrected chi connectivity index (χ0v) is 22.4. The number of anilines is 3. The van der Waals surface area contributed by atoms with E-state index in [2.05, 4.69) is 150 Å². The van der Waals surface area contributed by atoms with Crippen molar-refractivity contribution in [1.82, 2.24) is 4.98 Å². The lowest BCUT2D eigenvalue weighted by Gasteiger charge is -2.27. The van der Waals surface area contributed by atoms with Gasteiger partial charge in [-0.25, -0.2) is 0 Å². The van der Waals surface area contributed by atoms with Gasteiger partial charge < -0.3 is 4.90 Å². The van der Waals surface area contributed by atoms with E-state index in [1.54, 1.807) is 0 Å². The summed E-state index contributed by atoms with van der Waals surface area (Å²) in [5.74, 6) is 0. The van der Waals surface area contributed by atoms with Crippen molar-refractivity contribution < 1.29 is 0 Å². The van der Waals surface area contributed by atoms with Crippen molar-refractivity contribution in [2.45, 2.75) is 0 Å². The molecule has 0 unspecified atom stereocenters. The summed E-state index contributed by atoms with van der Waals surface area (Å²) in [6.45, 7) is 0. The van der Waals surface area contributed by atoms with E-state index in [1.165, 1.54) is 38.0 Å². The maximum absolute atomic E-state index is 4.71. The first kappa shape index (κ1) is 23.4. The minimum Gasteiger partial charge on any atom is -0.310 e. The molecule has 2 nitrogen and oxygen atoms in total. The Hall–Kier alpha value is -5.47. The summed E-state index contributed by atoms with van der Waals surface area (Å²) >= 11 is 0. The van der Waals surface area contributed by atoms with Crippen molar-refractivity contribution in [2.75, 3.05) is 4.90 Å². The van der Waals surface area contributed by atoms with Gasteiger partial charge in [-0.2, -0.15) is 0 Å². The van der Waals surface area contributed by atoms with E-state index in [0.717, 1.165) is 33.4 Å². The molecule has 1 aromatic heterocycles. The number of rotatable bonds is 4. The van der Waals surface area contributed by atoms with Gasteiger partial charge in [0.25, 0.3) is 0 Å². The zero-order valence-electron chi connectivity index (χ0n) is 22.4. The third-order valence-electron chi connectivity index (χ3n) is 8.01. The van der Waals surface area contributed by atoms with Crippen molar-refractivity contribution in [1.29, 1.82) is 0 Å². The van der Waals surface area contributed by atoms with Gasteiger partial charge in [0.15, 0.2) is 0 Å². The molecular formula is C39H26N2. The number of hydrogen-bond acceptors (Lipinski definition) is 2. The molecule has 0 fully saturated rings. The van der Waals surface area contributed by atoms with Crippen molar-refractivity contribution in [3.63, 3.8) is 0 Å². The number of para-hydroxylation sites is 2. The van der Waals surface area contributed by atoms with E-state index in [4.69, 9.17) is 4.98 Å². The molecule has 8 rings (SSSR count). The van der Waals surface area contributed by atoms with Crippen LogP contribution >= 0.6 is 0 Å². The van der Waals surface area contributed by atoms with Crippen LogP contribution in [0.4, 0.5) is 17.1 Å². The number of nitrogens with zero attached hydrogens (tertiary/aromatic N) is 2. The van der Waals surface area contributed by atoms with Gasteiger partial charge in [0.2, 0.25) is 0 Å². The van der Waals surface area contributed by atoms with E-state index in [1.807, 2.05) is 12.3 Å². The summed E-state index contributed by atoms with van der Waals surface area (Å²) in [6, 6.07) is 54.3. The maximum atomic E-state index is 4.71. The number of pyridine rings is 1. The smallest absolute Gasteiger partial charge is 0.0702 e. The summed E-state index contributed by atoms with van der Waals surface area (Å²) in [5.41, 5.74) is 6.71. The summed E-state index contributed by atoms with van der Waals surface area (Å²) in [7, 11) is 0. The second kappa shape index (κ2) is 9.62. The lowest BCUT2D eigenvalue weighted by atomic mass is 9.98. The molecule has 0 aliphatic heterocycles. The van der Waals surface area contributed by atoms with E-state index >= 15 is 0 Å². The molecule has 8 aromatic rings. The molecule has 0 aliphatic rings. The standard InChI is InChI=1S/C39H26N2/c1-2-12-34(13-3-1)41(38-16-8-11-29-19-18-28-9-4-6-14-36(28)39(29)38)35-22-21-27-17-20-30(23-32(27)25-35)33-24-31-10-5-7-15-37(31)40-26-33/h1-26H. The van der Waals surface area contributed by atoms with Gasteiger partial charge in [-0.3, -0.25) is 4.98 Å². The SMILES string of the molecule is c1ccc(N(c2ccc3ccc(-c4cnc5ccccc5c4)cc3c2)c2cccc3ccc4ccccc4c23)cc1. The van der Waals surface area contributed by atoms with Crippen LogP contribution < -0.4 is 4.90 Å². The van der Waals surface area contributed by atoms with Crippen molar-refractivity contribution in [2.24, 2.45) is 0 Å². The highest BCUT2D eigenvalue weighted by atomic mass is 15.1. The number of benzene rings is 7. The van der Waals surface area contributed by atoms with Crippen LogP contribution in [0, 0.1) is 0 Å². The second-order valence-electron chi connectivity index (χ2n) is 10.5. The molecule has 0 spiro atoms. The minimum absolute atomic E-state index is 1.01. The fourth-order valence-electron chi connectivity index (χ4n) is 6.01. The van der Waals surface area contributed by atoms with Crippen LogP contribution in [0.25, 0.3) is 54.3 Å². The molecular weight excluding hydrogens is 496 g/mol. The predicted octanol–water partition coefficient (Wildman–Crippen LogP) is 10.8. The Kier molecular flexibility index (Phi) is 5.49. The van der Waals surface area contributed by atoms with Crippen molar-refractivity contribution >= 4 is 60.3 Å². The van der Waals surface area contributed by atoms with Crippen LogP contribution in [0.3, 0.4) is 0 Å². The Morgan fingerprint density at radius 1 is 0.415 bits per heavy atom. The first-order valence-corrected chi connectivity index (χ1v) is 14.0. The third kappa shape index (κ3) is 4.09. The maximum Gasteiger partial charge on any atom is 0.0702 e. The average Bonchev–Trinajstić information content (AvgIpc) is 3.05. The molecule has 7 aromatic carbocycles. The lowest BCUT2D eigenvalue weighted by Crippen LogP contribution is -2.10. The molecule has 41 heavy (non-hydrogen) atoms. The van der Waals surface area contributed by atoms with Gasteiger partial charge in [-0.1, -0.05) is 103 Å². The molecule has 2 heteroatoms. The van der Waals surface area contributed by atoms with Crippen LogP contribution in [-0.4, -0.2) is 4.98 Å². The molecule has 0 saturated heterocycles. The Bertz CT molecular complexity index is 2220. The highest BCUT2D eigenvalue weighted by Gasteiger charge is 2.17. The highest BCUT2D eigenvalue weighted by molar-refractivity contribution is 6.15. The summed E-state index contributed by atoms with van der Waals surface area (Å²) in [5, 5.41) is 8.54. The summed E-state index contributed by atoms with van der Waals surface area (Å²) in [6.07, 6.45) is 1.98. The van der Waals surface area contributed by atoms with Gasteiger partial charge >= 0.3 is 0 Å². The van der Waals surface area contributed by atoms with E-state index in [9.17, 15) is 0 Å². The third-order valence-corrected chi connectivity index (χ3v) is 8.01. The molecule has 0 atom stereocenters. The van der Waals surface area contributed by atoms with Gasteiger partial charge in [0, 0.05) is 33.9 Å². The Balaban J connectivity index is 1.33. The molecule has 0 amide bonds. The van der Waals surface area contributed by atoms with Crippen molar-refractivity contribution in [3.8, 4) is 11.1 Å². The molecule has 0 N–H and O–H groups in total. The minimum atomic E-state index is 1.01. The number of aromatic nitrogens is 1. The summed E-state index contributed by atoms with van der Waals surface area (Å²) in [4.78, 5) is 7.10. The van der Waals surface area contributed by atoms with Crippen LogP contribution in [-0.2, 0) is 0 Å². The molecule has 0 radical (unpaired) electrons. The Labute approximate surface area is 238 Å². The highest BCUT2D eigenvalue weighted by Crippen LogP contribution is 2.42. The molecule has 192 valence electrons. The predicted molar refractivity (Wildman–Crippen MR) is 174 cm³/mol. The van der Waals surface area contributed by atoms with E-state index < -0.39 is 0 Å².